The number of rotatable bonds is 16. The molecule has 0 aliphatic carbocycles. The van der Waals surface area contributed by atoms with Crippen LogP contribution >= 0.6 is 0 Å². The number of fused-ring (bicyclic) bond motifs is 1. The zero-order valence-corrected chi connectivity index (χ0v) is 30.8. The van der Waals surface area contributed by atoms with Crippen LogP contribution in [-0.4, -0.2) is 75.7 Å². The number of methoxy groups -OCH3 is 2. The van der Waals surface area contributed by atoms with Crippen LogP contribution < -0.4 is 19.5 Å². The Balaban J connectivity index is 1.26. The van der Waals surface area contributed by atoms with Crippen LogP contribution in [0.5, 0.6) is 17.2 Å². The van der Waals surface area contributed by atoms with Crippen molar-refractivity contribution in [1.29, 1.82) is 0 Å². The van der Waals surface area contributed by atoms with Gasteiger partial charge in [0, 0.05) is 38.3 Å². The van der Waals surface area contributed by atoms with Crippen LogP contribution in [0.3, 0.4) is 0 Å². The minimum atomic E-state index is -0.598. The van der Waals surface area contributed by atoms with Gasteiger partial charge >= 0.3 is 6.09 Å². The smallest absolute Gasteiger partial charge is 0.410 e. The summed E-state index contributed by atoms with van der Waals surface area (Å²) in [7, 11) is 3.34. The summed E-state index contributed by atoms with van der Waals surface area (Å²) in [5, 5.41) is 3.03. The van der Waals surface area contributed by atoms with Crippen molar-refractivity contribution in [1.82, 2.24) is 4.90 Å². The quantitative estimate of drug-likeness (QED) is 0.149. The van der Waals surface area contributed by atoms with Gasteiger partial charge in [-0.25, -0.2) is 4.79 Å². The van der Waals surface area contributed by atoms with Crippen LogP contribution in [0.4, 0.5) is 10.5 Å². The van der Waals surface area contributed by atoms with Crippen LogP contribution in [0.1, 0.15) is 88.0 Å². The molecule has 0 bridgehead atoms. The number of nitrogens with zero attached hydrogens (tertiary/aromatic N) is 1. The predicted molar refractivity (Wildman–Crippen MR) is 197 cm³/mol. The van der Waals surface area contributed by atoms with Gasteiger partial charge in [-0.05, 0) is 106 Å². The number of ether oxygens (including phenoxy) is 6. The molecule has 3 unspecified atom stereocenters. The average Bonchev–Trinajstić information content (AvgIpc) is 3.12. The Bertz CT molecular complexity index is 1570. The van der Waals surface area contributed by atoms with Crippen LogP contribution in [0.2, 0.25) is 0 Å². The van der Waals surface area contributed by atoms with Gasteiger partial charge in [0.15, 0.2) is 11.5 Å². The van der Waals surface area contributed by atoms with Gasteiger partial charge in [0.05, 0.1) is 39.1 Å². The monoisotopic (exact) mass is 702 g/mol. The fraction of sp³-hybridized carbons (Fsp3) is 0.512. The third kappa shape index (κ3) is 11.1. The Morgan fingerprint density at radius 3 is 2.37 bits per heavy atom. The molecular weight excluding hydrogens is 648 g/mol. The summed E-state index contributed by atoms with van der Waals surface area (Å²) in [5.74, 6) is 2.36. The van der Waals surface area contributed by atoms with Crippen LogP contribution in [0.15, 0.2) is 66.7 Å². The Labute approximate surface area is 302 Å². The SMILES string of the molecule is COCCCC(OC1CN(C(=O)OC(C)(C)C)CCC1c1ccc(OCCCCOc2ccccc2OC)cc1)c1ccc2c(c1)NC(=O)CC2. The summed E-state index contributed by atoms with van der Waals surface area (Å²) < 4.78 is 35.5. The number of para-hydroxylation sites is 2. The maximum absolute atomic E-state index is 13.2. The van der Waals surface area contributed by atoms with E-state index in [0.29, 0.717) is 39.3 Å². The van der Waals surface area contributed by atoms with E-state index in [4.69, 9.17) is 28.4 Å². The van der Waals surface area contributed by atoms with E-state index in [9.17, 15) is 9.59 Å². The molecule has 1 N–H and O–H groups in total. The molecule has 276 valence electrons. The average molecular weight is 703 g/mol. The molecule has 0 aromatic heterocycles. The second-order valence-electron chi connectivity index (χ2n) is 14.2. The van der Waals surface area contributed by atoms with Gasteiger partial charge in [-0.3, -0.25) is 4.79 Å². The number of piperidine rings is 1. The highest BCUT2D eigenvalue weighted by atomic mass is 16.6. The van der Waals surface area contributed by atoms with Crippen molar-refractivity contribution in [3.8, 4) is 17.2 Å². The number of unbranched alkanes of at least 4 members (excludes halogenated alkanes) is 1. The number of hydrogen-bond acceptors (Lipinski definition) is 8. The Kier molecular flexibility index (Phi) is 13.6. The normalized spacial score (nSPS) is 18.0. The number of aryl methyl sites for hydroxylation is 1. The Hall–Kier alpha value is -4.28. The molecule has 51 heavy (non-hydrogen) atoms. The number of amides is 2. The first-order valence-corrected chi connectivity index (χ1v) is 18.2. The highest BCUT2D eigenvalue weighted by molar-refractivity contribution is 5.94. The van der Waals surface area contributed by atoms with Crippen molar-refractivity contribution in [3.63, 3.8) is 0 Å². The van der Waals surface area contributed by atoms with Crippen molar-refractivity contribution >= 4 is 17.7 Å². The van der Waals surface area contributed by atoms with Crippen molar-refractivity contribution in [2.75, 3.05) is 52.4 Å². The standard InChI is InChI=1S/C41H54N2O8/c1-41(2,3)51-40(45)43-23-22-33(29-16-19-32(20-17-29)48-25-8-9-26-49-37-12-7-6-11-36(37)47-5)38(28-43)50-35(13-10-24-46-4)31-15-14-30-18-21-39(44)42-34(30)27-31/h6-7,11-12,14-17,19-20,27,33,35,38H,8-10,13,18,21-26,28H2,1-5H3,(H,42,44). The maximum atomic E-state index is 13.2. The number of likely N-dealkylation sites (tertiary alicyclic amines) is 1. The van der Waals surface area contributed by atoms with E-state index in [1.54, 1.807) is 19.1 Å². The number of carbonyl (C=O) groups excluding carboxylic acids is 2. The van der Waals surface area contributed by atoms with Crippen LogP contribution in [-0.2, 0) is 25.4 Å². The lowest BCUT2D eigenvalue weighted by Gasteiger charge is -2.40. The number of hydrogen-bond donors (Lipinski definition) is 1. The van der Waals surface area contributed by atoms with Gasteiger partial charge in [0.2, 0.25) is 5.91 Å². The van der Waals surface area contributed by atoms with Crippen LogP contribution in [0, 0.1) is 0 Å². The summed E-state index contributed by atoms with van der Waals surface area (Å²) >= 11 is 0. The van der Waals surface area contributed by atoms with Gasteiger partial charge in [0.1, 0.15) is 11.4 Å². The van der Waals surface area contributed by atoms with E-state index in [1.807, 2.05) is 63.2 Å². The Morgan fingerprint density at radius 1 is 0.902 bits per heavy atom. The summed E-state index contributed by atoms with van der Waals surface area (Å²) in [6.07, 6.45) is 4.30. The molecule has 0 spiro atoms. The lowest BCUT2D eigenvalue weighted by molar-refractivity contribution is -0.116. The molecule has 2 aliphatic rings. The summed E-state index contributed by atoms with van der Waals surface area (Å²) in [6, 6.07) is 22.1. The van der Waals surface area contributed by atoms with Gasteiger partial charge < -0.3 is 38.6 Å². The maximum Gasteiger partial charge on any atom is 0.410 e. The molecule has 3 atom stereocenters. The topological polar surface area (TPSA) is 105 Å². The van der Waals surface area contributed by atoms with Crippen molar-refractivity contribution < 1.29 is 38.0 Å². The van der Waals surface area contributed by atoms with E-state index < -0.39 is 5.60 Å². The third-order valence-corrected chi connectivity index (χ3v) is 9.21. The first-order chi connectivity index (χ1) is 24.6. The zero-order chi connectivity index (χ0) is 36.2. The molecule has 1 fully saturated rings. The second kappa shape index (κ2) is 18.3. The van der Waals surface area contributed by atoms with E-state index >= 15 is 0 Å². The van der Waals surface area contributed by atoms with E-state index in [2.05, 4.69) is 29.6 Å². The largest absolute Gasteiger partial charge is 0.494 e. The molecule has 5 rings (SSSR count). The third-order valence-electron chi connectivity index (χ3n) is 9.21. The van der Waals surface area contributed by atoms with E-state index in [-0.39, 0.29) is 30.1 Å². The second-order valence-corrected chi connectivity index (χ2v) is 14.2. The van der Waals surface area contributed by atoms with Gasteiger partial charge in [0.25, 0.3) is 0 Å². The van der Waals surface area contributed by atoms with E-state index in [0.717, 1.165) is 78.2 Å². The molecule has 2 amide bonds. The molecule has 10 nitrogen and oxygen atoms in total. The number of nitrogens with one attached hydrogen (secondary N) is 1. The lowest BCUT2D eigenvalue weighted by atomic mass is 9.86. The first-order valence-electron chi connectivity index (χ1n) is 18.2. The number of carbonyl (C=O) groups is 2. The van der Waals surface area contributed by atoms with Gasteiger partial charge in [-0.15, -0.1) is 0 Å². The minimum absolute atomic E-state index is 0.0300. The minimum Gasteiger partial charge on any atom is -0.494 e. The fourth-order valence-electron chi connectivity index (χ4n) is 6.58. The highest BCUT2D eigenvalue weighted by Gasteiger charge is 2.37. The number of anilines is 1. The molecule has 10 heteroatoms. The summed E-state index contributed by atoms with van der Waals surface area (Å²) in [6.45, 7) is 8.38. The fourth-order valence-corrected chi connectivity index (χ4v) is 6.58. The first kappa shape index (κ1) is 38.0. The van der Waals surface area contributed by atoms with Gasteiger partial charge in [-0.2, -0.15) is 0 Å². The zero-order valence-electron chi connectivity index (χ0n) is 30.8. The Morgan fingerprint density at radius 2 is 1.65 bits per heavy atom. The summed E-state index contributed by atoms with van der Waals surface area (Å²) in [5.41, 5.74) is 3.51. The molecule has 0 saturated carbocycles. The molecule has 2 aliphatic heterocycles. The van der Waals surface area contributed by atoms with Crippen LogP contribution in [0.25, 0.3) is 0 Å². The molecule has 0 radical (unpaired) electrons. The number of benzene rings is 3. The molecule has 2 heterocycles. The molecule has 1 saturated heterocycles. The van der Waals surface area contributed by atoms with E-state index in [1.165, 1.54) is 0 Å². The summed E-state index contributed by atoms with van der Waals surface area (Å²) in [4.78, 5) is 27.2. The predicted octanol–water partition coefficient (Wildman–Crippen LogP) is 8.10. The molecular formula is C41H54N2O8. The van der Waals surface area contributed by atoms with Crippen molar-refractivity contribution in [2.24, 2.45) is 0 Å². The molecule has 3 aromatic carbocycles. The van der Waals surface area contributed by atoms with Crippen molar-refractivity contribution in [3.05, 3.63) is 83.4 Å². The molecule has 3 aromatic rings. The lowest BCUT2D eigenvalue weighted by Crippen LogP contribution is -2.48. The van der Waals surface area contributed by atoms with Gasteiger partial charge in [-0.1, -0.05) is 36.4 Å². The highest BCUT2D eigenvalue weighted by Crippen LogP contribution is 2.38. The van der Waals surface area contributed by atoms with Crippen molar-refractivity contribution in [2.45, 2.75) is 89.4 Å².